The third-order valence-corrected chi connectivity index (χ3v) is 6.02. The summed E-state index contributed by atoms with van der Waals surface area (Å²) >= 11 is 0. The highest BCUT2D eigenvalue weighted by molar-refractivity contribution is 5.67. The molecule has 6 N–H and O–H groups in total. The van der Waals surface area contributed by atoms with Crippen LogP contribution in [0.15, 0.2) is 30.3 Å². The number of unbranched alkanes of at least 4 members (excludes halogenated alkanes) is 6. The van der Waals surface area contributed by atoms with E-state index in [1.807, 2.05) is 30.3 Å². The lowest BCUT2D eigenvalue weighted by atomic mass is 9.87. The maximum Gasteiger partial charge on any atom is 0.407 e. The van der Waals surface area contributed by atoms with Crippen molar-refractivity contribution in [2.24, 2.45) is 5.73 Å². The van der Waals surface area contributed by atoms with Gasteiger partial charge in [-0.2, -0.15) is 0 Å². The Morgan fingerprint density at radius 2 is 1.75 bits per heavy atom. The smallest absolute Gasteiger partial charge is 0.407 e. The Labute approximate surface area is 191 Å². The Morgan fingerprint density at radius 1 is 1.09 bits per heavy atom. The Morgan fingerprint density at radius 3 is 2.41 bits per heavy atom. The summed E-state index contributed by atoms with van der Waals surface area (Å²) in [5.74, 6) is 0. The number of carbonyl (C=O) groups excluding carboxylic acids is 1. The number of hydrogen-bond acceptors (Lipinski definition) is 7. The van der Waals surface area contributed by atoms with Gasteiger partial charge >= 0.3 is 6.09 Å². The van der Waals surface area contributed by atoms with Gasteiger partial charge in [0.05, 0.1) is 18.8 Å². The van der Waals surface area contributed by atoms with E-state index in [-0.39, 0.29) is 6.61 Å². The zero-order valence-corrected chi connectivity index (χ0v) is 19.1. The van der Waals surface area contributed by atoms with Crippen LogP contribution < -0.4 is 11.1 Å². The van der Waals surface area contributed by atoms with Gasteiger partial charge in [-0.3, -0.25) is 0 Å². The van der Waals surface area contributed by atoms with Crippen molar-refractivity contribution in [3.05, 3.63) is 35.9 Å². The summed E-state index contributed by atoms with van der Waals surface area (Å²) in [6.07, 6.45) is 3.54. The molecule has 1 aliphatic rings. The average molecular weight is 453 g/mol. The fourth-order valence-electron chi connectivity index (χ4n) is 4.08. The predicted molar refractivity (Wildman–Crippen MR) is 122 cm³/mol. The maximum atomic E-state index is 12.4. The lowest BCUT2D eigenvalue weighted by molar-refractivity contribution is -0.198. The maximum absolute atomic E-state index is 12.4. The van der Waals surface area contributed by atoms with Crippen LogP contribution in [0.5, 0.6) is 0 Å². The molecule has 32 heavy (non-hydrogen) atoms. The molecule has 0 spiro atoms. The second kappa shape index (κ2) is 14.4. The van der Waals surface area contributed by atoms with E-state index < -0.39 is 49.2 Å². The fraction of sp³-hybridized carbons (Fsp3) is 0.708. The number of ether oxygens (including phenoxy) is 2. The van der Waals surface area contributed by atoms with Crippen molar-refractivity contribution in [3.63, 3.8) is 0 Å². The molecule has 1 aromatic carbocycles. The van der Waals surface area contributed by atoms with Gasteiger partial charge in [-0.05, 0) is 12.0 Å². The molecule has 1 heterocycles. The van der Waals surface area contributed by atoms with Crippen molar-refractivity contribution in [3.8, 4) is 0 Å². The van der Waals surface area contributed by atoms with Gasteiger partial charge in [0.1, 0.15) is 24.9 Å². The summed E-state index contributed by atoms with van der Waals surface area (Å²) in [6.45, 7) is 1.81. The number of aliphatic hydroxyl groups is 3. The Kier molecular flexibility index (Phi) is 12.0. The van der Waals surface area contributed by atoms with Crippen LogP contribution in [-0.4, -0.2) is 64.5 Å². The second-order valence-electron chi connectivity index (χ2n) is 8.61. The molecule has 2 rings (SSSR count). The van der Waals surface area contributed by atoms with E-state index in [1.165, 1.54) is 25.7 Å². The molecule has 1 fully saturated rings. The molecule has 0 aromatic heterocycles. The first-order valence-corrected chi connectivity index (χ1v) is 11.8. The number of nitrogens with two attached hydrogens (primary N) is 1. The fourth-order valence-corrected chi connectivity index (χ4v) is 4.08. The van der Waals surface area contributed by atoms with Gasteiger partial charge in [-0.15, -0.1) is 0 Å². The van der Waals surface area contributed by atoms with Gasteiger partial charge in [-0.25, -0.2) is 4.79 Å². The molecule has 6 atom stereocenters. The molecule has 0 saturated carbocycles. The van der Waals surface area contributed by atoms with E-state index in [0.717, 1.165) is 24.8 Å². The van der Waals surface area contributed by atoms with Gasteiger partial charge in [0.2, 0.25) is 0 Å². The van der Waals surface area contributed by atoms with E-state index in [0.29, 0.717) is 6.42 Å². The number of benzene rings is 1. The highest BCUT2D eigenvalue weighted by atomic mass is 16.6. The van der Waals surface area contributed by atoms with Crippen molar-refractivity contribution < 1.29 is 29.6 Å². The summed E-state index contributed by atoms with van der Waals surface area (Å²) < 4.78 is 11.1. The van der Waals surface area contributed by atoms with Crippen LogP contribution in [0.25, 0.3) is 0 Å². The number of hydrogen-bond donors (Lipinski definition) is 5. The van der Waals surface area contributed by atoms with Crippen LogP contribution >= 0.6 is 0 Å². The highest BCUT2D eigenvalue weighted by Crippen LogP contribution is 2.25. The third kappa shape index (κ3) is 8.33. The molecule has 1 aliphatic heterocycles. The van der Waals surface area contributed by atoms with Gasteiger partial charge in [0, 0.05) is 6.04 Å². The molecule has 1 amide bonds. The number of nitrogens with one attached hydrogen (secondary N) is 1. The summed E-state index contributed by atoms with van der Waals surface area (Å²) in [7, 11) is 0. The Balaban J connectivity index is 1.90. The van der Waals surface area contributed by atoms with E-state index in [2.05, 4.69) is 12.2 Å². The number of alkyl carbamates (subject to hydrolysis) is 1. The number of aliphatic hydroxyl groups excluding tert-OH is 3. The normalized spacial score (nSPS) is 26.5. The lowest BCUT2D eigenvalue weighted by Crippen LogP contribution is -2.67. The Hall–Kier alpha value is -1.71. The number of amides is 1. The summed E-state index contributed by atoms with van der Waals surface area (Å²) in [5, 5.41) is 33.0. The molecule has 8 nitrogen and oxygen atoms in total. The average Bonchev–Trinajstić information content (AvgIpc) is 2.81. The van der Waals surface area contributed by atoms with Crippen LogP contribution in [0.1, 0.15) is 63.9 Å². The quantitative estimate of drug-likeness (QED) is 0.290. The molecule has 1 unspecified atom stereocenters. The first-order valence-electron chi connectivity index (χ1n) is 11.8. The minimum absolute atomic E-state index is 0.0763. The molecule has 0 bridgehead atoms. The van der Waals surface area contributed by atoms with Crippen molar-refractivity contribution in [1.29, 1.82) is 0 Å². The largest absolute Gasteiger partial charge is 0.445 e. The standard InChI is InChI=1S/C24H40N2O6/c1-2-3-4-5-6-7-11-14-18(25)23-20(22(29)21(28)19(15-27)32-23)26-24(30)31-16-17-12-9-8-10-13-17/h8-10,12-13,18-23,27-29H,2-7,11,14-16,25H2,1H3,(H,26,30)/t18?,19-,20-,21-,22-,23+/m1/s1. The van der Waals surface area contributed by atoms with Crippen LogP contribution in [0.2, 0.25) is 0 Å². The molecule has 0 aliphatic carbocycles. The molecule has 8 heteroatoms. The zero-order valence-electron chi connectivity index (χ0n) is 19.1. The second-order valence-corrected chi connectivity index (χ2v) is 8.61. The number of rotatable bonds is 13. The highest BCUT2D eigenvalue weighted by Gasteiger charge is 2.47. The van der Waals surface area contributed by atoms with Gasteiger partial charge in [0.15, 0.2) is 0 Å². The molecular formula is C24H40N2O6. The first-order chi connectivity index (χ1) is 15.5. The van der Waals surface area contributed by atoms with E-state index >= 15 is 0 Å². The molecule has 0 radical (unpaired) electrons. The van der Waals surface area contributed by atoms with Crippen molar-refractivity contribution >= 4 is 6.09 Å². The van der Waals surface area contributed by atoms with E-state index in [4.69, 9.17) is 15.2 Å². The van der Waals surface area contributed by atoms with E-state index in [9.17, 15) is 20.1 Å². The Bertz CT molecular complexity index is 647. The monoisotopic (exact) mass is 452 g/mol. The molecule has 182 valence electrons. The SMILES string of the molecule is CCCCCCCCCC(N)[C@@H]1O[C@H](CO)[C@@H](O)[C@H](O)[C@H]1NC(=O)OCc1ccccc1. The summed E-state index contributed by atoms with van der Waals surface area (Å²) in [5.41, 5.74) is 7.20. The first kappa shape index (κ1) is 26.5. The van der Waals surface area contributed by atoms with Crippen LogP contribution in [-0.2, 0) is 16.1 Å². The van der Waals surface area contributed by atoms with Crippen LogP contribution in [0, 0.1) is 0 Å². The zero-order chi connectivity index (χ0) is 23.3. The molecule has 1 saturated heterocycles. The third-order valence-electron chi connectivity index (χ3n) is 6.02. The van der Waals surface area contributed by atoms with Crippen molar-refractivity contribution in [1.82, 2.24) is 5.32 Å². The van der Waals surface area contributed by atoms with Crippen LogP contribution in [0.4, 0.5) is 4.79 Å². The minimum atomic E-state index is -1.35. The molecule has 1 aromatic rings. The van der Waals surface area contributed by atoms with E-state index in [1.54, 1.807) is 0 Å². The number of carbonyl (C=O) groups is 1. The molecular weight excluding hydrogens is 412 g/mol. The van der Waals surface area contributed by atoms with Crippen molar-refractivity contribution in [2.75, 3.05) is 6.61 Å². The summed E-state index contributed by atoms with van der Waals surface area (Å²) in [6, 6.07) is 7.82. The van der Waals surface area contributed by atoms with Gasteiger partial charge < -0.3 is 35.8 Å². The topological polar surface area (TPSA) is 134 Å². The van der Waals surface area contributed by atoms with Crippen LogP contribution in [0.3, 0.4) is 0 Å². The lowest BCUT2D eigenvalue weighted by Gasteiger charge is -2.44. The van der Waals surface area contributed by atoms with Gasteiger partial charge in [0.25, 0.3) is 0 Å². The van der Waals surface area contributed by atoms with Crippen molar-refractivity contribution in [2.45, 2.75) is 101 Å². The van der Waals surface area contributed by atoms with Gasteiger partial charge in [-0.1, -0.05) is 82.2 Å². The summed E-state index contributed by atoms with van der Waals surface area (Å²) in [4.78, 5) is 12.4. The minimum Gasteiger partial charge on any atom is -0.445 e. The predicted octanol–water partition coefficient (Wildman–Crippen LogP) is 2.23.